The number of hydrogen-bond donors (Lipinski definition) is 3. The van der Waals surface area contributed by atoms with E-state index < -0.39 is 11.2 Å². The van der Waals surface area contributed by atoms with Crippen molar-refractivity contribution in [1.82, 2.24) is 14.5 Å². The first-order valence-corrected chi connectivity index (χ1v) is 10.1. The maximum atomic E-state index is 11.2. The minimum Gasteiger partial charge on any atom is -0.508 e. The molecule has 8 nitrogen and oxygen atoms in total. The molecule has 0 radical (unpaired) electrons. The number of imidazole rings is 1. The van der Waals surface area contributed by atoms with Gasteiger partial charge in [-0.1, -0.05) is 13.8 Å². The van der Waals surface area contributed by atoms with Crippen molar-refractivity contribution < 1.29 is 24.3 Å². The molecule has 0 aliphatic heterocycles. The maximum Gasteiger partial charge on any atom is 0.293 e. The van der Waals surface area contributed by atoms with Crippen LogP contribution in [0.2, 0.25) is 0 Å². The van der Waals surface area contributed by atoms with E-state index in [1.807, 2.05) is 26.0 Å². The van der Waals surface area contributed by atoms with Crippen molar-refractivity contribution in [2.75, 3.05) is 0 Å². The third-order valence-electron chi connectivity index (χ3n) is 4.23. The summed E-state index contributed by atoms with van der Waals surface area (Å²) in [4.78, 5) is 19.7. The summed E-state index contributed by atoms with van der Waals surface area (Å²) in [6.45, 7) is 4.58. The van der Waals surface area contributed by atoms with E-state index >= 15 is 0 Å². The molecule has 0 aliphatic rings. The Morgan fingerprint density at radius 3 is 2.41 bits per heavy atom. The van der Waals surface area contributed by atoms with E-state index in [9.17, 15) is 19.6 Å². The number of pyridine rings is 1. The van der Waals surface area contributed by atoms with Gasteiger partial charge in [0.25, 0.3) is 11.5 Å². The van der Waals surface area contributed by atoms with E-state index in [1.54, 1.807) is 17.0 Å². The molecule has 0 saturated heterocycles. The van der Waals surface area contributed by atoms with E-state index in [0.717, 1.165) is 5.56 Å². The average molecular weight is 416 g/mol. The summed E-state index contributed by atoms with van der Waals surface area (Å²) in [6, 6.07) is 7.69. The molecule has 0 bridgehead atoms. The number of ether oxygens (including phenoxy) is 1. The second kappa shape index (κ2) is 8.97. The topological polar surface area (TPSA) is 118 Å². The third kappa shape index (κ3) is 4.69. The molecule has 9 heteroatoms. The van der Waals surface area contributed by atoms with Gasteiger partial charge in [-0.15, -0.1) is 0 Å². The van der Waals surface area contributed by atoms with Crippen LogP contribution in [0.25, 0.3) is 0 Å². The van der Waals surface area contributed by atoms with Crippen LogP contribution in [-0.2, 0) is 33.9 Å². The highest BCUT2D eigenvalue weighted by molar-refractivity contribution is 7.91. The van der Waals surface area contributed by atoms with Gasteiger partial charge >= 0.3 is 0 Å². The van der Waals surface area contributed by atoms with E-state index in [2.05, 4.69) is 9.97 Å². The van der Waals surface area contributed by atoms with Crippen LogP contribution in [0.5, 0.6) is 11.5 Å². The first kappa shape index (κ1) is 20.7. The number of benzene rings is 1. The molecule has 0 spiro atoms. The summed E-state index contributed by atoms with van der Waals surface area (Å²) in [6.07, 6.45) is 3.34. The Balaban J connectivity index is 2.15. The first-order valence-electron chi connectivity index (χ1n) is 8.90. The van der Waals surface area contributed by atoms with Crippen molar-refractivity contribution in [3.63, 3.8) is 0 Å². The molecule has 1 unspecified atom stereocenters. The fraction of sp³-hybridized carbons (Fsp3) is 0.250. The second-order valence-corrected chi connectivity index (χ2v) is 8.12. The Bertz CT molecular complexity index is 971. The third-order valence-corrected chi connectivity index (χ3v) is 5.70. The van der Waals surface area contributed by atoms with Crippen LogP contribution in [0, 0.1) is 0 Å². The van der Waals surface area contributed by atoms with Crippen molar-refractivity contribution in [1.29, 1.82) is 0 Å². The molecule has 1 atom stereocenters. The number of rotatable bonds is 8. The summed E-state index contributed by atoms with van der Waals surface area (Å²) in [5.74, 6) is 0.167. The number of carbonyl (C=O) groups is 1. The van der Waals surface area contributed by atoms with Gasteiger partial charge in [0.15, 0.2) is 5.82 Å². The number of hydrogen-bond acceptors (Lipinski definition) is 7. The smallest absolute Gasteiger partial charge is 0.293 e. The van der Waals surface area contributed by atoms with Crippen molar-refractivity contribution in [3.8, 4) is 11.5 Å². The summed E-state index contributed by atoms with van der Waals surface area (Å²) in [5.41, 5.74) is 1.58. The predicted molar refractivity (Wildman–Crippen MR) is 107 cm³/mol. The molecular weight excluding hydrogens is 394 g/mol. The largest absolute Gasteiger partial charge is 0.508 e. The van der Waals surface area contributed by atoms with Crippen LogP contribution in [0.15, 0.2) is 52.6 Å². The van der Waals surface area contributed by atoms with Gasteiger partial charge in [0.1, 0.15) is 23.8 Å². The van der Waals surface area contributed by atoms with Crippen LogP contribution in [-0.4, -0.2) is 35.8 Å². The quantitative estimate of drug-likeness (QED) is 0.381. The summed E-state index contributed by atoms with van der Waals surface area (Å²) >= 11 is -1.50. The number of phenols is 2. The average Bonchev–Trinajstić information content (AvgIpc) is 3.04. The van der Waals surface area contributed by atoms with Crippen LogP contribution in [0.3, 0.4) is 0 Å². The van der Waals surface area contributed by atoms with Gasteiger partial charge in [-0.25, -0.2) is 4.98 Å². The van der Waals surface area contributed by atoms with Gasteiger partial charge in [-0.3, -0.25) is 14.3 Å². The Hall–Kier alpha value is -3.04. The number of nitrogens with zero attached hydrogens (tertiary/aromatic N) is 3. The molecule has 2 heterocycles. The minimum atomic E-state index is -1.50. The van der Waals surface area contributed by atoms with Crippen molar-refractivity contribution in [2.45, 2.75) is 42.8 Å². The molecule has 29 heavy (non-hydrogen) atoms. The Labute approximate surface area is 171 Å². The van der Waals surface area contributed by atoms with Crippen LogP contribution in [0.4, 0.5) is 0 Å². The minimum absolute atomic E-state index is 0.0215. The summed E-state index contributed by atoms with van der Waals surface area (Å²) in [5, 5.41) is 20.2. The highest BCUT2D eigenvalue weighted by Gasteiger charge is 2.37. The molecular formula is C20H22N3O5S+. The van der Waals surface area contributed by atoms with Gasteiger partial charge < -0.3 is 14.9 Å². The molecule has 3 aromatic rings. The monoisotopic (exact) mass is 416 g/mol. The molecule has 3 N–H and O–H groups in total. The normalized spacial score (nSPS) is 12.1. The number of aromatic hydroxyl groups is 2. The lowest BCUT2D eigenvalue weighted by molar-refractivity contribution is -0.130. The van der Waals surface area contributed by atoms with Gasteiger partial charge in [0.05, 0.1) is 6.54 Å². The second-order valence-electron chi connectivity index (χ2n) is 6.69. The van der Waals surface area contributed by atoms with E-state index in [0.29, 0.717) is 34.5 Å². The number of phenolic OH excluding ortho intramolecular Hbond substituents is 2. The highest BCUT2D eigenvalue weighted by Crippen LogP contribution is 2.33. The molecule has 2 aromatic heterocycles. The molecule has 0 amide bonds. The SMILES string of the molecule is CC(C)c1nc(COC=O)n(Cc2ccncc2)c1[S+](O)c1cc(O)cc(O)c1. The van der Waals surface area contributed by atoms with Gasteiger partial charge in [-0.2, -0.15) is 4.55 Å². The zero-order valence-corrected chi connectivity index (χ0v) is 16.8. The molecule has 0 saturated carbocycles. The highest BCUT2D eigenvalue weighted by atomic mass is 32.2. The lowest BCUT2D eigenvalue weighted by Crippen LogP contribution is -2.15. The number of carbonyl (C=O) groups excluding carboxylic acids is 1. The van der Waals surface area contributed by atoms with Crippen molar-refractivity contribution in [3.05, 3.63) is 59.8 Å². The molecule has 3 rings (SSSR count). The van der Waals surface area contributed by atoms with Crippen LogP contribution < -0.4 is 0 Å². The van der Waals surface area contributed by atoms with Crippen LogP contribution in [0.1, 0.15) is 36.8 Å². The Morgan fingerprint density at radius 1 is 1.17 bits per heavy atom. The van der Waals surface area contributed by atoms with Crippen molar-refractivity contribution in [2.24, 2.45) is 0 Å². The molecule has 1 aromatic carbocycles. The van der Waals surface area contributed by atoms with Gasteiger partial charge in [0.2, 0.25) is 16.1 Å². The summed E-state index contributed by atoms with van der Waals surface area (Å²) < 4.78 is 17.9. The zero-order chi connectivity index (χ0) is 21.0. The van der Waals surface area contributed by atoms with E-state index in [-0.39, 0.29) is 24.0 Å². The molecule has 152 valence electrons. The van der Waals surface area contributed by atoms with Gasteiger partial charge in [0, 0.05) is 36.5 Å². The molecule has 0 fully saturated rings. The Morgan fingerprint density at radius 2 is 1.83 bits per heavy atom. The van der Waals surface area contributed by atoms with Gasteiger partial charge in [-0.05, 0) is 17.7 Å². The summed E-state index contributed by atoms with van der Waals surface area (Å²) in [7, 11) is 0. The fourth-order valence-electron chi connectivity index (χ4n) is 2.93. The standard InChI is InChI=1S/C20H21N3O5S/c1-13(2)19-20(29(27)17-8-15(25)7-16(26)9-17)23(18(22-19)11-28-12-24)10-14-3-5-21-6-4-14/h3-9,12-13,27H,10-11H2,1-2H3,(H-,25,26)/p+1. The predicted octanol–water partition coefficient (Wildman–Crippen LogP) is 3.04. The van der Waals surface area contributed by atoms with Crippen LogP contribution >= 0.6 is 0 Å². The Kier molecular flexibility index (Phi) is 6.40. The number of aromatic nitrogens is 3. The lowest BCUT2D eigenvalue weighted by atomic mass is 10.1. The zero-order valence-electron chi connectivity index (χ0n) is 16.0. The van der Waals surface area contributed by atoms with Crippen molar-refractivity contribution >= 4 is 17.6 Å². The lowest BCUT2D eigenvalue weighted by Gasteiger charge is -2.11. The first-order chi connectivity index (χ1) is 13.9. The fourth-order valence-corrected chi connectivity index (χ4v) is 4.47. The van der Waals surface area contributed by atoms with E-state index in [4.69, 9.17) is 4.74 Å². The maximum absolute atomic E-state index is 11.2. The van der Waals surface area contributed by atoms with E-state index in [1.165, 1.54) is 18.2 Å². The molecule has 0 aliphatic carbocycles.